The van der Waals surface area contributed by atoms with Gasteiger partial charge in [-0.15, -0.1) is 29.9 Å². The van der Waals surface area contributed by atoms with Crippen LogP contribution in [-0.2, 0) is 14.3 Å². The minimum Gasteiger partial charge on any atom is -0.461 e. The molecule has 3 rings (SSSR count). The van der Waals surface area contributed by atoms with Crippen molar-refractivity contribution in [2.45, 2.75) is 84.8 Å². The Bertz CT molecular complexity index is 806. The number of nitrogens with zero attached hydrogens (tertiary/aromatic N) is 1. The van der Waals surface area contributed by atoms with Crippen LogP contribution >= 0.6 is 23.4 Å². The van der Waals surface area contributed by atoms with E-state index in [1.54, 1.807) is 11.8 Å². The summed E-state index contributed by atoms with van der Waals surface area (Å²) in [7, 11) is 0. The monoisotopic (exact) mass is 527 g/mol. The van der Waals surface area contributed by atoms with Gasteiger partial charge in [0, 0.05) is 29.0 Å². The van der Waals surface area contributed by atoms with E-state index in [9.17, 15) is 14.7 Å². The standard InChI is InChI=1S/C28H46ClNO4S/c1-8-26(6)16-21(34-22(31)17-35-14-13-30(9-2)10-3)27(7)18(4)11-12-28(19(5)25(26)33)15-20(29)23(32)24(27)28/h8,18-21,24-25,33H,1,9-17H2,2-7H3/t18-,19+,20+,21-,24-,25+,26-,27+,28+/m1/s1. The molecule has 0 aromatic heterocycles. The van der Waals surface area contributed by atoms with Crippen LogP contribution in [0.25, 0.3) is 0 Å². The lowest BCUT2D eigenvalue weighted by atomic mass is 9.44. The molecule has 0 saturated heterocycles. The Balaban J connectivity index is 1.92. The molecule has 7 heteroatoms. The molecule has 0 unspecified atom stereocenters. The van der Waals surface area contributed by atoms with Crippen LogP contribution in [0.1, 0.15) is 67.2 Å². The smallest absolute Gasteiger partial charge is 0.316 e. The van der Waals surface area contributed by atoms with E-state index in [2.05, 4.69) is 46.1 Å². The van der Waals surface area contributed by atoms with Gasteiger partial charge in [-0.2, -0.15) is 0 Å². The zero-order valence-corrected chi connectivity index (χ0v) is 24.1. The molecule has 2 bridgehead atoms. The van der Waals surface area contributed by atoms with Crippen molar-refractivity contribution in [1.82, 2.24) is 4.90 Å². The summed E-state index contributed by atoms with van der Waals surface area (Å²) in [4.78, 5) is 29.1. The number of ether oxygens (including phenoxy) is 1. The Labute approximate surface area is 221 Å². The summed E-state index contributed by atoms with van der Waals surface area (Å²) in [6.07, 6.45) is 3.45. The number of ketones is 1. The summed E-state index contributed by atoms with van der Waals surface area (Å²) >= 11 is 8.25. The molecule has 35 heavy (non-hydrogen) atoms. The average Bonchev–Trinajstić information content (AvgIpc) is 3.11. The van der Waals surface area contributed by atoms with E-state index in [1.165, 1.54) is 0 Å². The number of aliphatic hydroxyl groups is 1. The second-order valence-electron chi connectivity index (χ2n) is 11.8. The first-order chi connectivity index (χ1) is 16.4. The normalized spacial score (nSPS) is 43.4. The van der Waals surface area contributed by atoms with Gasteiger partial charge in [-0.1, -0.05) is 47.6 Å². The summed E-state index contributed by atoms with van der Waals surface area (Å²) < 4.78 is 6.29. The molecular formula is C28H46ClNO4S. The summed E-state index contributed by atoms with van der Waals surface area (Å²) in [6.45, 7) is 19.7. The Morgan fingerprint density at radius 2 is 1.94 bits per heavy atom. The van der Waals surface area contributed by atoms with Crippen molar-refractivity contribution in [1.29, 1.82) is 0 Å². The zero-order chi connectivity index (χ0) is 26.2. The minimum absolute atomic E-state index is 0.0663. The van der Waals surface area contributed by atoms with Crippen molar-refractivity contribution in [3.05, 3.63) is 12.7 Å². The Morgan fingerprint density at radius 3 is 2.54 bits per heavy atom. The van der Waals surface area contributed by atoms with E-state index in [0.29, 0.717) is 12.8 Å². The first kappa shape index (κ1) is 29.0. The molecule has 0 amide bonds. The van der Waals surface area contributed by atoms with E-state index in [0.717, 1.165) is 38.2 Å². The molecule has 9 atom stereocenters. The molecule has 0 radical (unpaired) electrons. The van der Waals surface area contributed by atoms with Crippen LogP contribution < -0.4 is 0 Å². The number of carbonyl (C=O) groups is 2. The molecular weight excluding hydrogens is 482 g/mol. The van der Waals surface area contributed by atoms with Crippen molar-refractivity contribution < 1.29 is 19.4 Å². The highest BCUT2D eigenvalue weighted by Gasteiger charge is 2.70. The third-order valence-corrected chi connectivity index (χ3v) is 11.5. The fourth-order valence-electron chi connectivity index (χ4n) is 7.53. The molecule has 3 fully saturated rings. The SMILES string of the molecule is C=C[C@]1(C)C[C@@H](OC(=O)CSCCN(CC)CC)[C@]2(C)[C@H](C)CC[C@]3(C[C@H](Cl)C(=O)[C@@H]32)[C@@H](C)[C@@H]1O. The predicted octanol–water partition coefficient (Wildman–Crippen LogP) is 5.19. The molecule has 200 valence electrons. The third-order valence-electron chi connectivity index (χ3n) is 10.2. The lowest BCUT2D eigenvalue weighted by Crippen LogP contribution is -2.63. The molecule has 3 aliphatic rings. The maximum absolute atomic E-state index is 13.6. The molecule has 1 N–H and O–H groups in total. The van der Waals surface area contributed by atoms with Crippen LogP contribution in [-0.4, -0.2) is 70.5 Å². The molecule has 3 aliphatic carbocycles. The zero-order valence-electron chi connectivity index (χ0n) is 22.5. The molecule has 0 aromatic rings. The number of alkyl halides is 1. The quantitative estimate of drug-likeness (QED) is 0.193. The van der Waals surface area contributed by atoms with Gasteiger partial charge in [0.15, 0.2) is 5.78 Å². The van der Waals surface area contributed by atoms with Gasteiger partial charge in [0.25, 0.3) is 0 Å². The topological polar surface area (TPSA) is 66.8 Å². The molecule has 0 aliphatic heterocycles. The minimum atomic E-state index is -0.695. The number of hydrogen-bond donors (Lipinski definition) is 1. The van der Waals surface area contributed by atoms with Gasteiger partial charge in [-0.3, -0.25) is 9.59 Å². The van der Waals surface area contributed by atoms with Gasteiger partial charge < -0.3 is 14.7 Å². The predicted molar refractivity (Wildman–Crippen MR) is 145 cm³/mol. The van der Waals surface area contributed by atoms with Gasteiger partial charge in [-0.05, 0) is 56.0 Å². The summed E-state index contributed by atoms with van der Waals surface area (Å²) in [5.74, 6) is 0.733. The van der Waals surface area contributed by atoms with E-state index in [-0.39, 0.29) is 35.3 Å². The second-order valence-corrected chi connectivity index (χ2v) is 13.4. The highest BCUT2D eigenvalue weighted by Crippen LogP contribution is 2.68. The van der Waals surface area contributed by atoms with Crippen molar-refractivity contribution in [2.75, 3.05) is 31.1 Å². The van der Waals surface area contributed by atoms with Crippen molar-refractivity contribution >= 4 is 35.1 Å². The molecule has 0 spiro atoms. The summed E-state index contributed by atoms with van der Waals surface area (Å²) in [6, 6.07) is 0. The van der Waals surface area contributed by atoms with Crippen LogP contribution in [0.15, 0.2) is 12.7 Å². The Morgan fingerprint density at radius 1 is 1.29 bits per heavy atom. The van der Waals surface area contributed by atoms with Crippen LogP contribution in [0.2, 0.25) is 0 Å². The third kappa shape index (κ3) is 4.98. The number of esters is 1. The van der Waals surface area contributed by atoms with Crippen LogP contribution in [0.5, 0.6) is 0 Å². The molecule has 0 heterocycles. The van der Waals surface area contributed by atoms with E-state index in [4.69, 9.17) is 16.3 Å². The number of hydrogen-bond acceptors (Lipinski definition) is 6. The number of halogens is 1. The van der Waals surface area contributed by atoms with Gasteiger partial charge in [-0.25, -0.2) is 0 Å². The van der Waals surface area contributed by atoms with Crippen molar-refractivity contribution in [3.8, 4) is 0 Å². The van der Waals surface area contributed by atoms with Crippen molar-refractivity contribution in [3.63, 3.8) is 0 Å². The molecule has 5 nitrogen and oxygen atoms in total. The number of rotatable bonds is 9. The summed E-state index contributed by atoms with van der Waals surface area (Å²) in [5.41, 5.74) is -1.57. The highest BCUT2D eigenvalue weighted by atomic mass is 35.5. The fraction of sp³-hybridized carbons (Fsp3) is 0.857. The number of carbonyl (C=O) groups excluding carboxylic acids is 2. The largest absolute Gasteiger partial charge is 0.461 e. The lowest BCUT2D eigenvalue weighted by molar-refractivity contribution is -0.205. The van der Waals surface area contributed by atoms with Crippen molar-refractivity contribution in [2.24, 2.45) is 34.0 Å². The van der Waals surface area contributed by atoms with E-state index >= 15 is 0 Å². The maximum Gasteiger partial charge on any atom is 0.316 e. The van der Waals surface area contributed by atoms with Crippen LogP contribution in [0, 0.1) is 34.0 Å². The van der Waals surface area contributed by atoms with Gasteiger partial charge in [0.1, 0.15) is 6.10 Å². The molecule has 3 saturated carbocycles. The lowest BCUT2D eigenvalue weighted by Gasteiger charge is -2.61. The first-order valence-corrected chi connectivity index (χ1v) is 15.0. The number of aliphatic hydroxyl groups excluding tert-OH is 1. The number of Topliss-reactive ketones (excluding diaryl/α,β-unsaturated/α-hetero) is 1. The Hall–Kier alpha value is -0.560. The number of thioether (sulfide) groups is 1. The van der Waals surface area contributed by atoms with Crippen LogP contribution in [0.3, 0.4) is 0 Å². The molecule has 0 aromatic carbocycles. The van der Waals surface area contributed by atoms with E-state index < -0.39 is 33.8 Å². The second kappa shape index (κ2) is 11.0. The van der Waals surface area contributed by atoms with Crippen LogP contribution in [0.4, 0.5) is 0 Å². The maximum atomic E-state index is 13.6. The fourth-order valence-corrected chi connectivity index (χ4v) is 8.71. The summed E-state index contributed by atoms with van der Waals surface area (Å²) in [5, 5.41) is 11.1. The Kier molecular flexibility index (Phi) is 9.15. The van der Waals surface area contributed by atoms with Gasteiger partial charge in [0.2, 0.25) is 0 Å². The average molecular weight is 528 g/mol. The van der Waals surface area contributed by atoms with Gasteiger partial charge >= 0.3 is 5.97 Å². The first-order valence-electron chi connectivity index (χ1n) is 13.4. The van der Waals surface area contributed by atoms with Gasteiger partial charge in [0.05, 0.1) is 17.2 Å². The highest BCUT2D eigenvalue weighted by molar-refractivity contribution is 7.99. The van der Waals surface area contributed by atoms with E-state index in [1.807, 2.05) is 13.0 Å².